The van der Waals surface area contributed by atoms with Crippen molar-refractivity contribution >= 4 is 44.7 Å². The van der Waals surface area contributed by atoms with Crippen molar-refractivity contribution in [3.8, 4) is 0 Å². The van der Waals surface area contributed by atoms with Gasteiger partial charge < -0.3 is 5.32 Å². The van der Waals surface area contributed by atoms with Crippen molar-refractivity contribution in [3.63, 3.8) is 0 Å². The van der Waals surface area contributed by atoms with Gasteiger partial charge in [-0.1, -0.05) is 23.7 Å². The summed E-state index contributed by atoms with van der Waals surface area (Å²) in [6, 6.07) is 7.18. The molecule has 22 heavy (non-hydrogen) atoms. The summed E-state index contributed by atoms with van der Waals surface area (Å²) in [6.45, 7) is 5.71. The topological polar surface area (TPSA) is 54.9 Å². The fraction of sp³-hybridized carbons (Fsp3) is 0.188. The molecule has 0 saturated carbocycles. The predicted octanol–water partition coefficient (Wildman–Crippen LogP) is 4.52. The molecule has 3 rings (SSSR count). The van der Waals surface area contributed by atoms with Crippen molar-refractivity contribution in [2.45, 2.75) is 20.8 Å². The van der Waals surface area contributed by atoms with Crippen LogP contribution in [-0.2, 0) is 0 Å². The number of nitrogens with one attached hydrogen (secondary N) is 1. The second-order valence-electron chi connectivity index (χ2n) is 5.03. The molecule has 0 bridgehead atoms. The van der Waals surface area contributed by atoms with Gasteiger partial charge in [0.15, 0.2) is 0 Å². The number of hydrogen-bond donors (Lipinski definition) is 1. The second-order valence-corrected chi connectivity index (χ2v) is 6.43. The van der Waals surface area contributed by atoms with E-state index in [1.807, 2.05) is 32.9 Å². The van der Waals surface area contributed by atoms with Crippen LogP contribution in [0, 0.1) is 20.8 Å². The number of halogens is 1. The Morgan fingerprint density at radius 2 is 1.91 bits per heavy atom. The largest absolute Gasteiger partial charge is 0.320 e. The first-order valence-electron chi connectivity index (χ1n) is 6.77. The second kappa shape index (κ2) is 5.66. The lowest BCUT2D eigenvalue weighted by Gasteiger charge is -2.06. The minimum Gasteiger partial charge on any atom is -0.320 e. The van der Waals surface area contributed by atoms with Crippen LogP contribution < -0.4 is 5.32 Å². The van der Waals surface area contributed by atoms with Gasteiger partial charge in [0.25, 0.3) is 5.91 Å². The number of rotatable bonds is 2. The molecule has 0 unspecified atom stereocenters. The number of fused-ring (bicyclic) bond motifs is 1. The van der Waals surface area contributed by atoms with Gasteiger partial charge in [-0.3, -0.25) is 4.79 Å². The maximum absolute atomic E-state index is 12.5. The first-order valence-corrected chi connectivity index (χ1v) is 7.97. The van der Waals surface area contributed by atoms with Crippen molar-refractivity contribution in [2.75, 3.05) is 5.32 Å². The molecule has 0 aliphatic heterocycles. The fourth-order valence-corrected chi connectivity index (χ4v) is 3.79. The molecule has 112 valence electrons. The highest BCUT2D eigenvalue weighted by Gasteiger charge is 2.19. The smallest absolute Gasteiger partial charge is 0.266 e. The van der Waals surface area contributed by atoms with Crippen LogP contribution >= 0.6 is 22.9 Å². The van der Waals surface area contributed by atoms with Crippen LogP contribution in [0.2, 0.25) is 5.02 Å². The third-order valence-corrected chi connectivity index (χ3v) is 4.93. The highest BCUT2D eigenvalue weighted by molar-refractivity contribution is 7.20. The van der Waals surface area contributed by atoms with Gasteiger partial charge in [-0.25, -0.2) is 9.97 Å². The maximum Gasteiger partial charge on any atom is 0.266 e. The molecule has 2 aromatic heterocycles. The molecule has 0 aliphatic carbocycles. The molecular formula is C16H14ClN3OS. The summed E-state index contributed by atoms with van der Waals surface area (Å²) in [5.74, 6) is 0.537. The van der Waals surface area contributed by atoms with E-state index in [-0.39, 0.29) is 5.91 Å². The number of hydrogen-bond acceptors (Lipinski definition) is 4. The van der Waals surface area contributed by atoms with E-state index in [0.29, 0.717) is 21.4 Å². The van der Waals surface area contributed by atoms with Crippen molar-refractivity contribution in [3.05, 3.63) is 51.2 Å². The van der Waals surface area contributed by atoms with Gasteiger partial charge in [0.05, 0.1) is 15.6 Å². The first-order chi connectivity index (χ1) is 10.5. The van der Waals surface area contributed by atoms with Crippen molar-refractivity contribution in [2.24, 2.45) is 0 Å². The van der Waals surface area contributed by atoms with Crippen LogP contribution in [0.15, 0.2) is 24.3 Å². The average Bonchev–Trinajstić information content (AvgIpc) is 2.78. The van der Waals surface area contributed by atoms with Crippen LogP contribution in [0.25, 0.3) is 10.2 Å². The molecule has 1 aromatic carbocycles. The summed E-state index contributed by atoms with van der Waals surface area (Å²) in [7, 11) is 0. The van der Waals surface area contributed by atoms with E-state index >= 15 is 0 Å². The first kappa shape index (κ1) is 14.9. The van der Waals surface area contributed by atoms with E-state index in [0.717, 1.165) is 21.5 Å². The Hall–Kier alpha value is -1.98. The molecule has 3 aromatic rings. The van der Waals surface area contributed by atoms with Crippen LogP contribution in [0.3, 0.4) is 0 Å². The summed E-state index contributed by atoms with van der Waals surface area (Å²) in [5.41, 5.74) is 2.40. The number of aryl methyl sites for hydroxylation is 3. The Balaban J connectivity index is 2.03. The Morgan fingerprint density at radius 3 is 2.64 bits per heavy atom. The molecule has 4 nitrogen and oxygen atoms in total. The van der Waals surface area contributed by atoms with Crippen LogP contribution in [0.4, 0.5) is 5.69 Å². The quantitative estimate of drug-likeness (QED) is 0.751. The van der Waals surface area contributed by atoms with Gasteiger partial charge in [-0.05, 0) is 38.5 Å². The minimum absolute atomic E-state index is 0.175. The summed E-state index contributed by atoms with van der Waals surface area (Å²) in [4.78, 5) is 22.8. The van der Waals surface area contributed by atoms with Gasteiger partial charge in [0, 0.05) is 11.1 Å². The molecule has 1 amide bonds. The zero-order chi connectivity index (χ0) is 15.9. The Kier molecular flexibility index (Phi) is 3.85. The summed E-state index contributed by atoms with van der Waals surface area (Å²) in [6.07, 6.45) is 0. The van der Waals surface area contributed by atoms with Crippen molar-refractivity contribution in [1.82, 2.24) is 9.97 Å². The van der Waals surface area contributed by atoms with Gasteiger partial charge in [-0.15, -0.1) is 11.3 Å². The third kappa shape index (κ3) is 2.58. The fourth-order valence-electron chi connectivity index (χ4n) is 2.43. The van der Waals surface area contributed by atoms with Gasteiger partial charge in [0.1, 0.15) is 10.7 Å². The summed E-state index contributed by atoms with van der Waals surface area (Å²) >= 11 is 7.47. The molecule has 0 radical (unpaired) electrons. The molecule has 2 heterocycles. The summed E-state index contributed by atoms with van der Waals surface area (Å²) < 4.78 is 0. The molecule has 6 heteroatoms. The number of amides is 1. The highest BCUT2D eigenvalue weighted by Crippen LogP contribution is 2.32. The lowest BCUT2D eigenvalue weighted by Crippen LogP contribution is -2.11. The van der Waals surface area contributed by atoms with Crippen LogP contribution in [-0.4, -0.2) is 15.9 Å². The number of nitrogens with zero attached hydrogens (tertiary/aromatic N) is 2. The number of anilines is 1. The predicted molar refractivity (Wildman–Crippen MR) is 91.0 cm³/mol. The number of benzene rings is 1. The average molecular weight is 332 g/mol. The highest BCUT2D eigenvalue weighted by atomic mass is 35.5. The monoisotopic (exact) mass is 331 g/mol. The van der Waals surface area contributed by atoms with E-state index in [1.165, 1.54) is 11.3 Å². The van der Waals surface area contributed by atoms with E-state index in [9.17, 15) is 4.79 Å². The third-order valence-electron chi connectivity index (χ3n) is 3.41. The lowest BCUT2D eigenvalue weighted by atomic mass is 10.1. The molecule has 1 N–H and O–H groups in total. The zero-order valence-electron chi connectivity index (χ0n) is 12.4. The molecule has 0 atom stereocenters. The molecule has 0 spiro atoms. The zero-order valence-corrected chi connectivity index (χ0v) is 14.0. The van der Waals surface area contributed by atoms with E-state index in [4.69, 9.17) is 11.6 Å². The van der Waals surface area contributed by atoms with Gasteiger partial charge in [-0.2, -0.15) is 0 Å². The van der Waals surface area contributed by atoms with Crippen LogP contribution in [0.5, 0.6) is 0 Å². The van der Waals surface area contributed by atoms with E-state index in [1.54, 1.807) is 12.1 Å². The number of carbonyl (C=O) groups excluding carboxylic acids is 1. The number of aromatic nitrogens is 2. The number of para-hydroxylation sites is 1. The van der Waals surface area contributed by atoms with Crippen LogP contribution in [0.1, 0.15) is 26.8 Å². The van der Waals surface area contributed by atoms with E-state index < -0.39 is 0 Å². The summed E-state index contributed by atoms with van der Waals surface area (Å²) in [5, 5.41) is 4.33. The van der Waals surface area contributed by atoms with Gasteiger partial charge in [0.2, 0.25) is 0 Å². The van der Waals surface area contributed by atoms with E-state index in [2.05, 4.69) is 15.3 Å². The molecule has 0 saturated heterocycles. The Labute approximate surface area is 137 Å². The number of thiophene rings is 1. The normalized spacial score (nSPS) is 10.9. The SMILES string of the molecule is Cc1nc(C)c2c(C)c(C(=O)Nc3ccccc3Cl)sc2n1. The van der Waals surface area contributed by atoms with Crippen molar-refractivity contribution < 1.29 is 4.79 Å². The van der Waals surface area contributed by atoms with Crippen molar-refractivity contribution in [1.29, 1.82) is 0 Å². The molecule has 0 fully saturated rings. The molecular weight excluding hydrogens is 318 g/mol. The maximum atomic E-state index is 12.5. The Bertz CT molecular complexity index is 888. The minimum atomic E-state index is -0.175. The Morgan fingerprint density at radius 1 is 1.18 bits per heavy atom. The van der Waals surface area contributed by atoms with Gasteiger partial charge >= 0.3 is 0 Å². The molecule has 0 aliphatic rings. The lowest BCUT2D eigenvalue weighted by molar-refractivity contribution is 0.103. The number of carbonyl (C=O) groups is 1. The standard InChI is InChI=1S/C16H14ClN3OS/c1-8-13-9(2)18-10(3)19-16(13)22-14(8)15(21)20-12-7-5-4-6-11(12)17/h4-7H,1-3H3,(H,20,21).